The van der Waals surface area contributed by atoms with Gasteiger partial charge in [-0.15, -0.1) is 0 Å². The largest absolute Gasteiger partial charge is 0.416 e. The molecule has 0 saturated heterocycles. The summed E-state index contributed by atoms with van der Waals surface area (Å²) >= 11 is 0. The first-order chi connectivity index (χ1) is 11.4. The lowest BCUT2D eigenvalue weighted by Gasteiger charge is -2.21. The summed E-state index contributed by atoms with van der Waals surface area (Å²) in [5.41, 5.74) is 3.30. The number of hydrogen-bond acceptors (Lipinski definition) is 2. The number of hydrogen-bond donors (Lipinski definition) is 0. The summed E-state index contributed by atoms with van der Waals surface area (Å²) in [5, 5.41) is 5.26. The van der Waals surface area contributed by atoms with Crippen LogP contribution in [0.4, 0.5) is 18.9 Å². The van der Waals surface area contributed by atoms with Crippen molar-refractivity contribution in [3.63, 3.8) is 0 Å². The van der Waals surface area contributed by atoms with E-state index in [9.17, 15) is 13.2 Å². The van der Waals surface area contributed by atoms with Crippen molar-refractivity contribution in [2.45, 2.75) is 12.7 Å². The third-order valence-corrected chi connectivity index (χ3v) is 4.61. The predicted octanol–water partition coefficient (Wildman–Crippen LogP) is 4.45. The Hall–Kier alpha value is -2.47. The monoisotopic (exact) mass is 331 g/mol. The maximum Gasteiger partial charge on any atom is 0.416 e. The molecule has 0 atom stereocenters. The molecule has 0 saturated carbocycles. The van der Waals surface area contributed by atoms with Gasteiger partial charge in [0, 0.05) is 25.2 Å². The molecule has 0 radical (unpaired) electrons. The number of alkyl halides is 3. The fourth-order valence-corrected chi connectivity index (χ4v) is 3.37. The average Bonchev–Trinajstić information content (AvgIpc) is 3.01. The molecule has 0 N–H and O–H groups in total. The Labute approximate surface area is 137 Å². The maximum atomic E-state index is 12.8. The molecule has 3 nitrogen and oxygen atoms in total. The highest BCUT2D eigenvalue weighted by Gasteiger charge is 2.31. The molecule has 0 aliphatic carbocycles. The minimum Gasteiger partial charge on any atom is -0.310 e. The zero-order valence-electron chi connectivity index (χ0n) is 13.3. The molecule has 4 rings (SSSR count). The van der Waals surface area contributed by atoms with Gasteiger partial charge in [0.2, 0.25) is 0 Å². The lowest BCUT2D eigenvalue weighted by Crippen LogP contribution is -2.30. The van der Waals surface area contributed by atoms with Gasteiger partial charge in [0.1, 0.15) is 0 Å². The first kappa shape index (κ1) is 15.1. The van der Waals surface area contributed by atoms with Crippen LogP contribution in [0.5, 0.6) is 0 Å². The van der Waals surface area contributed by atoms with Crippen LogP contribution in [0.1, 0.15) is 11.3 Å². The number of benzene rings is 2. The number of para-hydroxylation sites is 1. The molecule has 0 fully saturated rings. The second kappa shape index (κ2) is 5.01. The molecule has 1 aliphatic heterocycles. The van der Waals surface area contributed by atoms with Gasteiger partial charge in [0.05, 0.1) is 29.0 Å². The van der Waals surface area contributed by atoms with Crippen LogP contribution in [0, 0.1) is 0 Å². The van der Waals surface area contributed by atoms with Crippen molar-refractivity contribution in [3.8, 4) is 5.69 Å². The molecule has 0 bridgehead atoms. The van der Waals surface area contributed by atoms with Crippen LogP contribution in [-0.2, 0) is 12.7 Å². The Morgan fingerprint density at radius 1 is 0.917 bits per heavy atom. The molecule has 1 aliphatic rings. The Balaban J connectivity index is 1.93. The van der Waals surface area contributed by atoms with E-state index < -0.39 is 11.7 Å². The quantitative estimate of drug-likeness (QED) is 0.653. The van der Waals surface area contributed by atoms with Crippen LogP contribution in [-0.4, -0.2) is 23.7 Å². The first-order valence-electron chi connectivity index (χ1n) is 7.62. The summed E-state index contributed by atoms with van der Waals surface area (Å²) in [6, 6.07) is 13.3. The number of nitrogens with zero attached hydrogens (tertiary/aromatic N) is 3. The molecule has 0 spiro atoms. The van der Waals surface area contributed by atoms with Gasteiger partial charge in [-0.3, -0.25) is 0 Å². The number of hydrazine groups is 1. The highest BCUT2D eigenvalue weighted by atomic mass is 19.4. The Morgan fingerprint density at radius 3 is 2.25 bits per heavy atom. The molecule has 6 heteroatoms. The van der Waals surface area contributed by atoms with E-state index in [2.05, 4.69) is 10.0 Å². The zero-order valence-corrected chi connectivity index (χ0v) is 13.3. The van der Waals surface area contributed by atoms with E-state index in [1.807, 2.05) is 42.9 Å². The number of fused-ring (bicyclic) bond motifs is 3. The molecule has 2 aromatic carbocycles. The molecular weight excluding hydrogens is 315 g/mol. The highest BCUT2D eigenvalue weighted by Crippen LogP contribution is 2.41. The van der Waals surface area contributed by atoms with Crippen molar-refractivity contribution in [1.29, 1.82) is 0 Å². The van der Waals surface area contributed by atoms with E-state index >= 15 is 0 Å². The van der Waals surface area contributed by atoms with Crippen molar-refractivity contribution in [2.75, 3.05) is 19.1 Å². The minimum absolute atomic E-state index is 0.631. The van der Waals surface area contributed by atoms with Crippen LogP contribution in [0.3, 0.4) is 0 Å². The molecule has 24 heavy (non-hydrogen) atoms. The summed E-state index contributed by atoms with van der Waals surface area (Å²) in [6.45, 7) is 0.710. The summed E-state index contributed by atoms with van der Waals surface area (Å²) in [4.78, 5) is 0. The van der Waals surface area contributed by atoms with Crippen molar-refractivity contribution < 1.29 is 13.2 Å². The lowest BCUT2D eigenvalue weighted by molar-refractivity contribution is -0.137. The van der Waals surface area contributed by atoms with E-state index in [1.165, 1.54) is 12.1 Å². The standard InChI is InChI=1S/C18H16F3N3/c1-22-11-16-17(23(22)2)14-5-3-4-6-15(14)24(16)13-9-7-12(8-10-13)18(19,20)21/h3-10H,11H2,1-2H3. The van der Waals surface area contributed by atoms with E-state index in [-0.39, 0.29) is 0 Å². The van der Waals surface area contributed by atoms with E-state index in [1.54, 1.807) is 0 Å². The smallest absolute Gasteiger partial charge is 0.310 e. The molecule has 3 aromatic rings. The second-order valence-electron chi connectivity index (χ2n) is 6.03. The van der Waals surface area contributed by atoms with Gasteiger partial charge in [0.25, 0.3) is 0 Å². The Kier molecular flexibility index (Phi) is 3.15. The normalized spacial score (nSPS) is 15.3. The second-order valence-corrected chi connectivity index (χ2v) is 6.03. The molecular formula is C18H16F3N3. The van der Waals surface area contributed by atoms with Gasteiger partial charge in [-0.25, -0.2) is 5.01 Å². The molecule has 1 aromatic heterocycles. The van der Waals surface area contributed by atoms with Gasteiger partial charge in [-0.2, -0.15) is 13.2 Å². The highest BCUT2D eigenvalue weighted by molar-refractivity contribution is 5.97. The Bertz CT molecular complexity index is 910. The average molecular weight is 331 g/mol. The molecule has 0 unspecified atom stereocenters. The van der Waals surface area contributed by atoms with E-state index in [0.717, 1.165) is 40.1 Å². The van der Waals surface area contributed by atoms with Crippen molar-refractivity contribution in [3.05, 3.63) is 59.8 Å². The van der Waals surface area contributed by atoms with Gasteiger partial charge in [-0.1, -0.05) is 18.2 Å². The van der Waals surface area contributed by atoms with E-state index in [4.69, 9.17) is 0 Å². The van der Waals surface area contributed by atoms with Gasteiger partial charge in [-0.05, 0) is 30.3 Å². The van der Waals surface area contributed by atoms with Crippen LogP contribution in [0.15, 0.2) is 48.5 Å². The summed E-state index contributed by atoms with van der Waals surface area (Å²) in [7, 11) is 3.99. The lowest BCUT2D eigenvalue weighted by atomic mass is 10.2. The van der Waals surface area contributed by atoms with Crippen LogP contribution in [0.25, 0.3) is 16.6 Å². The third-order valence-electron chi connectivity index (χ3n) is 4.61. The maximum absolute atomic E-state index is 12.8. The van der Waals surface area contributed by atoms with Crippen LogP contribution < -0.4 is 5.01 Å². The molecule has 0 amide bonds. The van der Waals surface area contributed by atoms with Gasteiger partial charge >= 0.3 is 6.18 Å². The predicted molar refractivity (Wildman–Crippen MR) is 88.1 cm³/mol. The number of halogens is 3. The number of rotatable bonds is 1. The van der Waals surface area contributed by atoms with Gasteiger partial charge in [0.15, 0.2) is 0 Å². The summed E-state index contributed by atoms with van der Waals surface area (Å²) in [6.07, 6.45) is -4.32. The number of anilines is 1. The third kappa shape index (κ3) is 2.10. The van der Waals surface area contributed by atoms with Crippen LogP contribution >= 0.6 is 0 Å². The fraction of sp³-hybridized carbons (Fsp3) is 0.222. The molecule has 124 valence electrons. The van der Waals surface area contributed by atoms with Crippen LogP contribution in [0.2, 0.25) is 0 Å². The topological polar surface area (TPSA) is 11.4 Å². The zero-order chi connectivity index (χ0) is 17.1. The van der Waals surface area contributed by atoms with E-state index in [0.29, 0.717) is 6.54 Å². The van der Waals surface area contributed by atoms with Crippen molar-refractivity contribution in [1.82, 2.24) is 9.58 Å². The van der Waals surface area contributed by atoms with Crippen molar-refractivity contribution >= 4 is 16.6 Å². The Morgan fingerprint density at radius 2 is 1.58 bits per heavy atom. The first-order valence-corrected chi connectivity index (χ1v) is 7.62. The van der Waals surface area contributed by atoms with Crippen molar-refractivity contribution in [2.24, 2.45) is 0 Å². The summed E-state index contributed by atoms with van der Waals surface area (Å²) in [5.74, 6) is 0. The SMILES string of the molecule is CN1Cc2c(c3ccccc3n2-c2ccc(C(F)(F)F)cc2)N1C. The van der Waals surface area contributed by atoms with Gasteiger partial charge < -0.3 is 9.58 Å². The minimum atomic E-state index is -4.32. The fourth-order valence-electron chi connectivity index (χ4n) is 3.37. The number of aromatic nitrogens is 1. The summed E-state index contributed by atoms with van der Waals surface area (Å²) < 4.78 is 40.5. The molecule has 2 heterocycles.